The lowest BCUT2D eigenvalue weighted by Crippen LogP contribution is -2.42. The molecule has 1 fully saturated rings. The van der Waals surface area contributed by atoms with E-state index in [1.807, 2.05) is 26.0 Å². The minimum absolute atomic E-state index is 0.127. The van der Waals surface area contributed by atoms with Crippen molar-refractivity contribution in [3.63, 3.8) is 0 Å². The van der Waals surface area contributed by atoms with E-state index in [4.69, 9.17) is 5.11 Å². The molecule has 1 aliphatic carbocycles. The van der Waals surface area contributed by atoms with Gasteiger partial charge in [0.2, 0.25) is 5.91 Å². The average molecular weight is 200 g/mol. The second kappa shape index (κ2) is 4.75. The van der Waals surface area contributed by atoms with Gasteiger partial charge in [0.15, 0.2) is 0 Å². The van der Waals surface area contributed by atoms with Gasteiger partial charge in [-0.05, 0) is 32.9 Å². The number of carbonyl (C=O) groups is 1. The number of likely N-dealkylation sites (N-methyl/N-ethyl adjacent to an activating group) is 2. The number of amides is 1. The molecule has 0 radical (unpaired) electrons. The third-order valence-electron chi connectivity index (χ3n) is 2.62. The molecule has 0 bridgehead atoms. The van der Waals surface area contributed by atoms with Crippen LogP contribution in [0.3, 0.4) is 0 Å². The molecule has 0 aromatic carbocycles. The molecular weight excluding hydrogens is 180 g/mol. The van der Waals surface area contributed by atoms with Crippen LogP contribution in [-0.4, -0.2) is 61.2 Å². The van der Waals surface area contributed by atoms with E-state index in [1.165, 1.54) is 0 Å². The predicted octanol–water partition coefficient (Wildman–Crippen LogP) is -0.223. The Hall–Kier alpha value is -0.610. The van der Waals surface area contributed by atoms with E-state index in [0.29, 0.717) is 12.5 Å². The highest BCUT2D eigenvalue weighted by molar-refractivity contribution is 5.77. The molecule has 0 spiro atoms. The molecule has 82 valence electrons. The Balaban J connectivity index is 2.20. The van der Waals surface area contributed by atoms with Crippen LogP contribution in [-0.2, 0) is 4.79 Å². The van der Waals surface area contributed by atoms with Crippen LogP contribution >= 0.6 is 0 Å². The Labute approximate surface area is 85.5 Å². The zero-order chi connectivity index (χ0) is 10.7. The maximum Gasteiger partial charge on any atom is 0.236 e. The summed E-state index contributed by atoms with van der Waals surface area (Å²) < 4.78 is 0. The molecule has 0 atom stereocenters. The van der Waals surface area contributed by atoms with Crippen molar-refractivity contribution in [1.29, 1.82) is 0 Å². The topological polar surface area (TPSA) is 43.8 Å². The van der Waals surface area contributed by atoms with Crippen molar-refractivity contribution in [3.05, 3.63) is 0 Å². The lowest BCUT2D eigenvalue weighted by molar-refractivity contribution is -0.132. The smallest absolute Gasteiger partial charge is 0.236 e. The van der Waals surface area contributed by atoms with Crippen molar-refractivity contribution in [2.75, 3.05) is 34.2 Å². The summed E-state index contributed by atoms with van der Waals surface area (Å²) in [5.74, 6) is 0.650. The summed E-state index contributed by atoms with van der Waals surface area (Å²) in [5, 5.41) is 9.10. The second-order valence-electron chi connectivity index (χ2n) is 4.50. The normalized spacial score (nSPS) is 26.1. The fourth-order valence-corrected chi connectivity index (χ4v) is 1.73. The molecular formula is C10H20N2O2. The summed E-state index contributed by atoms with van der Waals surface area (Å²) in [5.41, 5.74) is 0. The van der Waals surface area contributed by atoms with E-state index in [1.54, 1.807) is 4.90 Å². The molecule has 0 aromatic rings. The lowest BCUT2D eigenvalue weighted by atomic mass is 9.82. The van der Waals surface area contributed by atoms with Gasteiger partial charge in [0.25, 0.3) is 0 Å². The quantitative estimate of drug-likeness (QED) is 0.682. The summed E-state index contributed by atoms with van der Waals surface area (Å²) in [6.07, 6.45) is 1.57. The highest BCUT2D eigenvalue weighted by Crippen LogP contribution is 2.27. The van der Waals surface area contributed by atoms with Crippen molar-refractivity contribution in [3.8, 4) is 0 Å². The first-order valence-corrected chi connectivity index (χ1v) is 5.05. The molecule has 14 heavy (non-hydrogen) atoms. The molecule has 4 nitrogen and oxygen atoms in total. The molecule has 0 aliphatic heterocycles. The molecule has 1 N–H and O–H groups in total. The Morgan fingerprint density at radius 2 is 1.93 bits per heavy atom. The van der Waals surface area contributed by atoms with Gasteiger partial charge in [-0.15, -0.1) is 0 Å². The Morgan fingerprint density at radius 3 is 2.36 bits per heavy atom. The van der Waals surface area contributed by atoms with Gasteiger partial charge < -0.3 is 14.9 Å². The maximum atomic E-state index is 11.5. The number of aliphatic hydroxyl groups is 1. The van der Waals surface area contributed by atoms with Gasteiger partial charge in [-0.2, -0.15) is 0 Å². The van der Waals surface area contributed by atoms with Crippen molar-refractivity contribution in [1.82, 2.24) is 9.80 Å². The minimum Gasteiger partial charge on any atom is -0.393 e. The second-order valence-corrected chi connectivity index (χ2v) is 4.50. The maximum absolute atomic E-state index is 11.5. The van der Waals surface area contributed by atoms with Crippen molar-refractivity contribution >= 4 is 5.91 Å². The first-order valence-electron chi connectivity index (χ1n) is 5.05. The molecule has 0 aromatic heterocycles. The first kappa shape index (κ1) is 11.5. The van der Waals surface area contributed by atoms with Crippen LogP contribution in [0.4, 0.5) is 0 Å². The van der Waals surface area contributed by atoms with Crippen LogP contribution in [0.1, 0.15) is 12.8 Å². The van der Waals surface area contributed by atoms with Gasteiger partial charge in [-0.3, -0.25) is 4.79 Å². The molecule has 0 saturated heterocycles. The first-order chi connectivity index (χ1) is 6.49. The van der Waals surface area contributed by atoms with E-state index in [9.17, 15) is 4.79 Å². The fraction of sp³-hybridized carbons (Fsp3) is 0.900. The third kappa shape index (κ3) is 3.27. The number of hydrogen-bond donors (Lipinski definition) is 1. The van der Waals surface area contributed by atoms with Crippen molar-refractivity contribution in [2.45, 2.75) is 18.9 Å². The minimum atomic E-state index is -0.127. The van der Waals surface area contributed by atoms with Crippen LogP contribution in [0.15, 0.2) is 0 Å². The highest BCUT2D eigenvalue weighted by atomic mass is 16.3. The molecule has 1 rings (SSSR count). The van der Waals surface area contributed by atoms with E-state index >= 15 is 0 Å². The molecule has 4 heteroatoms. The summed E-state index contributed by atoms with van der Waals surface area (Å²) in [7, 11) is 5.61. The summed E-state index contributed by atoms with van der Waals surface area (Å²) in [4.78, 5) is 15.2. The number of carbonyl (C=O) groups excluding carboxylic acids is 1. The predicted molar refractivity (Wildman–Crippen MR) is 54.9 cm³/mol. The zero-order valence-corrected chi connectivity index (χ0v) is 9.23. The van der Waals surface area contributed by atoms with Gasteiger partial charge >= 0.3 is 0 Å². The Morgan fingerprint density at radius 1 is 1.36 bits per heavy atom. The largest absolute Gasteiger partial charge is 0.393 e. The summed E-state index contributed by atoms with van der Waals surface area (Å²) >= 11 is 0. The highest BCUT2D eigenvalue weighted by Gasteiger charge is 2.28. The van der Waals surface area contributed by atoms with Crippen LogP contribution in [0.2, 0.25) is 0 Å². The number of hydrogen-bond acceptors (Lipinski definition) is 3. The molecule has 1 aliphatic rings. The summed E-state index contributed by atoms with van der Waals surface area (Å²) in [6, 6.07) is 0. The number of aliphatic hydroxyl groups excluding tert-OH is 1. The van der Waals surface area contributed by atoms with Crippen molar-refractivity contribution < 1.29 is 9.90 Å². The van der Waals surface area contributed by atoms with Gasteiger partial charge in [0.05, 0.1) is 12.6 Å². The van der Waals surface area contributed by atoms with Gasteiger partial charge in [-0.1, -0.05) is 0 Å². The number of nitrogens with zero attached hydrogens (tertiary/aromatic N) is 2. The van der Waals surface area contributed by atoms with E-state index < -0.39 is 0 Å². The molecule has 1 saturated carbocycles. The van der Waals surface area contributed by atoms with E-state index in [0.717, 1.165) is 19.4 Å². The summed E-state index contributed by atoms with van der Waals surface area (Å²) in [6.45, 7) is 1.25. The Kier molecular flexibility index (Phi) is 3.89. The van der Waals surface area contributed by atoms with Gasteiger partial charge in [0, 0.05) is 13.6 Å². The third-order valence-corrected chi connectivity index (χ3v) is 2.62. The van der Waals surface area contributed by atoms with Crippen LogP contribution in [0, 0.1) is 5.92 Å². The SMILES string of the molecule is CN(C)CC(=O)N(C)CC1CC(O)C1. The monoisotopic (exact) mass is 200 g/mol. The van der Waals surface area contributed by atoms with E-state index in [2.05, 4.69) is 0 Å². The van der Waals surface area contributed by atoms with Crippen LogP contribution in [0.25, 0.3) is 0 Å². The average Bonchev–Trinajstić information content (AvgIpc) is 2.00. The lowest BCUT2D eigenvalue weighted by Gasteiger charge is -2.34. The van der Waals surface area contributed by atoms with Gasteiger partial charge in [0.1, 0.15) is 0 Å². The van der Waals surface area contributed by atoms with Gasteiger partial charge in [-0.25, -0.2) is 0 Å². The number of rotatable bonds is 4. The van der Waals surface area contributed by atoms with Crippen molar-refractivity contribution in [2.24, 2.45) is 5.92 Å². The van der Waals surface area contributed by atoms with E-state index in [-0.39, 0.29) is 12.0 Å². The van der Waals surface area contributed by atoms with Crippen LogP contribution in [0.5, 0.6) is 0 Å². The van der Waals surface area contributed by atoms with Crippen LogP contribution < -0.4 is 0 Å². The standard InChI is InChI=1S/C10H20N2O2/c1-11(2)7-10(14)12(3)6-8-4-9(13)5-8/h8-9,13H,4-7H2,1-3H3. The zero-order valence-electron chi connectivity index (χ0n) is 9.23. The molecule has 0 heterocycles. The molecule has 1 amide bonds. The fourth-order valence-electron chi connectivity index (χ4n) is 1.73. The molecule has 0 unspecified atom stereocenters. The Bertz CT molecular complexity index is 200.